The zero-order valence-electron chi connectivity index (χ0n) is 10.9. The van der Waals surface area contributed by atoms with E-state index in [2.05, 4.69) is 16.4 Å². The minimum Gasteiger partial charge on any atom is -0.334 e. The summed E-state index contributed by atoms with van der Waals surface area (Å²) in [5, 5.41) is 12.3. The van der Waals surface area contributed by atoms with Gasteiger partial charge in [0, 0.05) is 5.39 Å². The Balaban J connectivity index is 2.02. The van der Waals surface area contributed by atoms with Crippen molar-refractivity contribution in [1.29, 1.82) is 5.26 Å². The predicted octanol–water partition coefficient (Wildman–Crippen LogP) is 2.47. The van der Waals surface area contributed by atoms with Crippen LogP contribution in [0.1, 0.15) is 28.9 Å². The summed E-state index contributed by atoms with van der Waals surface area (Å²) in [6.45, 7) is 1.66. The quantitative estimate of drug-likeness (QED) is 0.910. The van der Waals surface area contributed by atoms with E-state index in [0.717, 1.165) is 0 Å². The molecule has 0 bridgehead atoms. The molecule has 4 nitrogen and oxygen atoms in total. The molecule has 0 saturated heterocycles. The summed E-state index contributed by atoms with van der Waals surface area (Å²) in [4.78, 5) is 16.4. The zero-order valence-corrected chi connectivity index (χ0v) is 10.9. The van der Waals surface area contributed by atoms with Gasteiger partial charge in [0.1, 0.15) is 16.9 Å². The van der Waals surface area contributed by atoms with Gasteiger partial charge < -0.3 is 5.32 Å². The number of benzene rings is 1. The van der Waals surface area contributed by atoms with E-state index in [1.807, 2.05) is 0 Å². The highest BCUT2D eigenvalue weighted by atomic mass is 19.1. The second kappa shape index (κ2) is 4.27. The van der Waals surface area contributed by atoms with E-state index in [4.69, 9.17) is 5.26 Å². The van der Waals surface area contributed by atoms with Gasteiger partial charge in [-0.1, -0.05) is 12.1 Å². The fourth-order valence-corrected chi connectivity index (χ4v) is 2.16. The molecule has 3 rings (SSSR count). The van der Waals surface area contributed by atoms with Crippen molar-refractivity contribution >= 4 is 16.8 Å². The summed E-state index contributed by atoms with van der Waals surface area (Å²) >= 11 is 0. The second-order valence-electron chi connectivity index (χ2n) is 5.08. The summed E-state index contributed by atoms with van der Waals surface area (Å²) in [6, 6.07) is 8.34. The lowest BCUT2D eigenvalue weighted by Crippen LogP contribution is -2.36. The Bertz CT molecular complexity index is 760. The highest BCUT2D eigenvalue weighted by molar-refractivity contribution is 5.99. The van der Waals surface area contributed by atoms with E-state index in [1.165, 1.54) is 6.07 Å². The molecule has 1 fully saturated rings. The molecule has 1 aromatic heterocycles. The van der Waals surface area contributed by atoms with Gasteiger partial charge in [0.2, 0.25) is 0 Å². The zero-order chi connectivity index (χ0) is 14.3. The average Bonchev–Trinajstić information content (AvgIpc) is 3.19. The van der Waals surface area contributed by atoms with Crippen molar-refractivity contribution in [2.45, 2.75) is 25.3 Å². The number of pyridine rings is 1. The summed E-state index contributed by atoms with van der Waals surface area (Å²) in [5.74, 6) is -0.742. The van der Waals surface area contributed by atoms with Crippen LogP contribution in [-0.4, -0.2) is 16.4 Å². The third-order valence-corrected chi connectivity index (χ3v) is 3.55. The van der Waals surface area contributed by atoms with E-state index in [9.17, 15) is 9.18 Å². The molecule has 1 saturated carbocycles. The van der Waals surface area contributed by atoms with Crippen LogP contribution in [0.3, 0.4) is 0 Å². The lowest BCUT2D eigenvalue weighted by Gasteiger charge is -2.11. The fraction of sp³-hybridized carbons (Fsp3) is 0.267. The molecule has 0 atom stereocenters. The van der Waals surface area contributed by atoms with E-state index in [1.54, 1.807) is 25.1 Å². The number of aryl methyl sites for hydroxylation is 1. The number of amides is 1. The first-order valence-corrected chi connectivity index (χ1v) is 6.34. The molecule has 0 spiro atoms. The van der Waals surface area contributed by atoms with Crippen molar-refractivity contribution in [3.05, 3.63) is 41.3 Å². The summed E-state index contributed by atoms with van der Waals surface area (Å²) in [5.41, 5.74) is 0.363. The molecule has 2 aromatic rings. The molecule has 100 valence electrons. The molecule has 0 unspecified atom stereocenters. The van der Waals surface area contributed by atoms with Crippen molar-refractivity contribution in [3.63, 3.8) is 0 Å². The number of nitrogens with zero attached hydrogens (tertiary/aromatic N) is 2. The molecule has 1 aliphatic carbocycles. The molecule has 5 heteroatoms. The van der Waals surface area contributed by atoms with Gasteiger partial charge in [-0.05, 0) is 31.9 Å². The second-order valence-corrected chi connectivity index (χ2v) is 5.08. The van der Waals surface area contributed by atoms with Crippen LogP contribution in [0.25, 0.3) is 10.9 Å². The van der Waals surface area contributed by atoms with Gasteiger partial charge in [0.15, 0.2) is 0 Å². The molecule has 1 aromatic carbocycles. The first kappa shape index (κ1) is 12.5. The number of fused-ring (bicyclic) bond motifs is 1. The SMILES string of the molecule is Cc1nc2c(F)cccc2cc1C(=O)NC1(C#N)CC1. The van der Waals surface area contributed by atoms with Crippen molar-refractivity contribution in [3.8, 4) is 6.07 Å². The normalized spacial score (nSPS) is 15.7. The summed E-state index contributed by atoms with van der Waals surface area (Å²) in [7, 11) is 0. The molecule has 20 heavy (non-hydrogen) atoms. The number of aromatic nitrogens is 1. The van der Waals surface area contributed by atoms with Crippen molar-refractivity contribution < 1.29 is 9.18 Å². The van der Waals surface area contributed by atoms with Crippen LogP contribution in [0.5, 0.6) is 0 Å². The molecule has 1 amide bonds. The third kappa shape index (κ3) is 1.99. The average molecular weight is 269 g/mol. The minimum absolute atomic E-state index is 0.253. The smallest absolute Gasteiger partial charge is 0.254 e. The maximum atomic E-state index is 13.6. The van der Waals surface area contributed by atoms with Gasteiger partial charge in [0.25, 0.3) is 5.91 Å². The minimum atomic E-state index is -0.722. The monoisotopic (exact) mass is 269 g/mol. The number of nitrogens with one attached hydrogen (secondary N) is 1. The van der Waals surface area contributed by atoms with Gasteiger partial charge >= 0.3 is 0 Å². The van der Waals surface area contributed by atoms with E-state index >= 15 is 0 Å². The Morgan fingerprint density at radius 1 is 1.50 bits per heavy atom. The molecule has 0 radical (unpaired) electrons. The van der Waals surface area contributed by atoms with Crippen molar-refractivity contribution in [2.24, 2.45) is 0 Å². The number of para-hydroxylation sites is 1. The van der Waals surface area contributed by atoms with Crippen LogP contribution in [0.15, 0.2) is 24.3 Å². The number of rotatable bonds is 2. The van der Waals surface area contributed by atoms with Crippen LogP contribution in [0.2, 0.25) is 0 Å². The molecular weight excluding hydrogens is 257 g/mol. The number of carbonyl (C=O) groups excluding carboxylic acids is 1. The van der Waals surface area contributed by atoms with Crippen LogP contribution < -0.4 is 5.32 Å². The molecule has 1 aliphatic rings. The largest absolute Gasteiger partial charge is 0.334 e. The van der Waals surface area contributed by atoms with Gasteiger partial charge in [-0.25, -0.2) is 9.37 Å². The van der Waals surface area contributed by atoms with Crippen LogP contribution in [0.4, 0.5) is 4.39 Å². The summed E-state index contributed by atoms with van der Waals surface area (Å²) < 4.78 is 13.6. The molecular formula is C15H12FN3O. The Morgan fingerprint density at radius 2 is 2.25 bits per heavy atom. The van der Waals surface area contributed by atoms with Gasteiger partial charge in [-0.15, -0.1) is 0 Å². The Hall–Kier alpha value is -2.48. The lowest BCUT2D eigenvalue weighted by atomic mass is 10.1. The van der Waals surface area contributed by atoms with Crippen molar-refractivity contribution in [2.75, 3.05) is 0 Å². The third-order valence-electron chi connectivity index (χ3n) is 3.55. The van der Waals surface area contributed by atoms with Gasteiger partial charge in [0.05, 0.1) is 17.3 Å². The maximum Gasteiger partial charge on any atom is 0.254 e. The summed E-state index contributed by atoms with van der Waals surface area (Å²) in [6.07, 6.45) is 1.34. The Morgan fingerprint density at radius 3 is 2.90 bits per heavy atom. The highest BCUT2D eigenvalue weighted by Crippen LogP contribution is 2.34. The van der Waals surface area contributed by atoms with Gasteiger partial charge in [-0.2, -0.15) is 5.26 Å². The Labute approximate surface area is 115 Å². The maximum absolute atomic E-state index is 13.6. The van der Waals surface area contributed by atoms with Crippen LogP contribution in [-0.2, 0) is 0 Å². The highest BCUT2D eigenvalue weighted by Gasteiger charge is 2.44. The standard InChI is InChI=1S/C15H12FN3O/c1-9-11(14(20)19-15(8-17)5-6-15)7-10-3-2-4-12(16)13(10)18-9/h2-4,7H,5-6H2,1H3,(H,19,20). The van der Waals surface area contributed by atoms with Crippen molar-refractivity contribution in [1.82, 2.24) is 10.3 Å². The lowest BCUT2D eigenvalue weighted by molar-refractivity contribution is 0.0940. The number of nitriles is 1. The first-order valence-electron chi connectivity index (χ1n) is 6.34. The molecule has 0 aliphatic heterocycles. The number of hydrogen-bond acceptors (Lipinski definition) is 3. The number of hydrogen-bond donors (Lipinski definition) is 1. The van der Waals surface area contributed by atoms with E-state index in [0.29, 0.717) is 29.5 Å². The van der Waals surface area contributed by atoms with Crippen LogP contribution >= 0.6 is 0 Å². The first-order chi connectivity index (χ1) is 9.54. The Kier molecular flexibility index (Phi) is 2.68. The number of halogens is 1. The molecule has 1 heterocycles. The van der Waals surface area contributed by atoms with E-state index < -0.39 is 11.4 Å². The van der Waals surface area contributed by atoms with Gasteiger partial charge in [-0.3, -0.25) is 4.79 Å². The predicted molar refractivity (Wildman–Crippen MR) is 71.5 cm³/mol. The topological polar surface area (TPSA) is 65.8 Å². The fourth-order valence-electron chi connectivity index (χ4n) is 2.16. The molecule has 1 N–H and O–H groups in total. The number of carbonyl (C=O) groups is 1. The van der Waals surface area contributed by atoms with Crippen LogP contribution in [0, 0.1) is 24.1 Å². The van der Waals surface area contributed by atoms with E-state index in [-0.39, 0.29) is 11.4 Å².